The second-order valence-electron chi connectivity index (χ2n) is 5.14. The van der Waals surface area contributed by atoms with Gasteiger partial charge in [-0.15, -0.1) is 0 Å². The standard InChI is InChI=1S/C14H20N2O4S/c1-10-9-16(8-7-15-10)21(18,19)13-6-4-5-12(11(13)2)14(17)20-3/h4-6,10,15H,7-9H2,1-3H3. The number of carbonyl (C=O) groups is 1. The Bertz CT molecular complexity index is 642. The van der Waals surface area contributed by atoms with Crippen molar-refractivity contribution in [2.24, 2.45) is 0 Å². The summed E-state index contributed by atoms with van der Waals surface area (Å²) in [5.74, 6) is -0.529. The molecule has 1 aliphatic heterocycles. The third-order valence-electron chi connectivity index (χ3n) is 3.64. The quantitative estimate of drug-likeness (QED) is 0.834. The minimum atomic E-state index is -3.60. The van der Waals surface area contributed by atoms with Crippen LogP contribution in [0.25, 0.3) is 0 Å². The number of esters is 1. The highest BCUT2D eigenvalue weighted by Gasteiger charge is 2.30. The molecule has 1 N–H and O–H groups in total. The van der Waals surface area contributed by atoms with Crippen LogP contribution in [-0.4, -0.2) is 51.5 Å². The van der Waals surface area contributed by atoms with Crippen LogP contribution in [0, 0.1) is 6.92 Å². The molecule has 0 spiro atoms. The summed E-state index contributed by atoms with van der Waals surface area (Å²) in [5, 5.41) is 3.21. The minimum Gasteiger partial charge on any atom is -0.465 e. The average molecular weight is 312 g/mol. The van der Waals surface area contributed by atoms with Gasteiger partial charge in [0.2, 0.25) is 10.0 Å². The van der Waals surface area contributed by atoms with Gasteiger partial charge >= 0.3 is 5.97 Å². The van der Waals surface area contributed by atoms with E-state index in [1.807, 2.05) is 6.92 Å². The van der Waals surface area contributed by atoms with Crippen molar-refractivity contribution in [3.8, 4) is 0 Å². The van der Waals surface area contributed by atoms with Gasteiger partial charge in [0, 0.05) is 25.7 Å². The van der Waals surface area contributed by atoms with Crippen molar-refractivity contribution in [2.45, 2.75) is 24.8 Å². The van der Waals surface area contributed by atoms with E-state index in [9.17, 15) is 13.2 Å². The first kappa shape index (κ1) is 15.9. The van der Waals surface area contributed by atoms with Crippen LogP contribution in [-0.2, 0) is 14.8 Å². The maximum absolute atomic E-state index is 12.8. The zero-order valence-electron chi connectivity index (χ0n) is 12.4. The normalized spacial score (nSPS) is 20.2. The van der Waals surface area contributed by atoms with Crippen molar-refractivity contribution in [3.05, 3.63) is 29.3 Å². The lowest BCUT2D eigenvalue weighted by Gasteiger charge is -2.31. The summed E-state index contributed by atoms with van der Waals surface area (Å²) >= 11 is 0. The number of nitrogens with zero attached hydrogens (tertiary/aromatic N) is 1. The van der Waals surface area contributed by atoms with E-state index in [0.29, 0.717) is 25.2 Å². The number of hydrogen-bond donors (Lipinski definition) is 1. The first-order valence-corrected chi connectivity index (χ1v) is 8.23. The van der Waals surface area contributed by atoms with Crippen LogP contribution >= 0.6 is 0 Å². The number of nitrogens with one attached hydrogen (secondary N) is 1. The minimum absolute atomic E-state index is 0.109. The molecule has 1 atom stereocenters. The zero-order valence-corrected chi connectivity index (χ0v) is 13.2. The van der Waals surface area contributed by atoms with Crippen molar-refractivity contribution in [2.75, 3.05) is 26.7 Å². The molecule has 1 saturated heterocycles. The number of benzene rings is 1. The van der Waals surface area contributed by atoms with Crippen molar-refractivity contribution in [1.82, 2.24) is 9.62 Å². The van der Waals surface area contributed by atoms with Gasteiger partial charge in [-0.05, 0) is 31.5 Å². The molecule has 1 aromatic rings. The molecule has 0 aromatic heterocycles. The molecule has 1 heterocycles. The number of ether oxygens (including phenoxy) is 1. The van der Waals surface area contributed by atoms with Crippen LogP contribution in [0.2, 0.25) is 0 Å². The molecule has 21 heavy (non-hydrogen) atoms. The van der Waals surface area contributed by atoms with Crippen LogP contribution < -0.4 is 5.32 Å². The molecule has 0 saturated carbocycles. The van der Waals surface area contributed by atoms with Crippen molar-refractivity contribution < 1.29 is 17.9 Å². The molecule has 1 fully saturated rings. The van der Waals surface area contributed by atoms with Gasteiger partial charge in [0.05, 0.1) is 17.6 Å². The maximum Gasteiger partial charge on any atom is 0.338 e. The van der Waals surface area contributed by atoms with Crippen LogP contribution in [0.15, 0.2) is 23.1 Å². The number of carbonyl (C=O) groups excluding carboxylic acids is 1. The van der Waals surface area contributed by atoms with E-state index in [0.717, 1.165) is 0 Å². The van der Waals surface area contributed by atoms with Gasteiger partial charge in [-0.3, -0.25) is 0 Å². The largest absolute Gasteiger partial charge is 0.465 e. The van der Waals surface area contributed by atoms with Gasteiger partial charge in [0.25, 0.3) is 0 Å². The zero-order chi connectivity index (χ0) is 15.6. The van der Waals surface area contributed by atoms with E-state index in [1.54, 1.807) is 19.1 Å². The third kappa shape index (κ3) is 3.09. The van der Waals surface area contributed by atoms with E-state index < -0.39 is 16.0 Å². The van der Waals surface area contributed by atoms with Crippen LogP contribution in [0.1, 0.15) is 22.8 Å². The number of piperazine rings is 1. The second-order valence-corrected chi connectivity index (χ2v) is 7.04. The summed E-state index contributed by atoms with van der Waals surface area (Å²) in [5.41, 5.74) is 0.706. The number of hydrogen-bond acceptors (Lipinski definition) is 5. The highest BCUT2D eigenvalue weighted by Crippen LogP contribution is 2.24. The summed E-state index contributed by atoms with van der Waals surface area (Å²) in [6, 6.07) is 4.78. The fraction of sp³-hybridized carbons (Fsp3) is 0.500. The Kier molecular flexibility index (Phi) is 4.65. The molecule has 0 bridgehead atoms. The molecule has 1 aromatic carbocycles. The lowest BCUT2D eigenvalue weighted by molar-refractivity contribution is 0.0599. The number of methoxy groups -OCH3 is 1. The molecule has 7 heteroatoms. The monoisotopic (exact) mass is 312 g/mol. The molecule has 2 rings (SSSR count). The molecule has 116 valence electrons. The van der Waals surface area contributed by atoms with E-state index in [-0.39, 0.29) is 16.5 Å². The predicted octanol–water partition coefficient (Wildman–Crippen LogP) is 0.764. The topological polar surface area (TPSA) is 75.7 Å². The molecule has 1 unspecified atom stereocenters. The van der Waals surface area contributed by atoms with Gasteiger partial charge in [0.1, 0.15) is 0 Å². The fourth-order valence-electron chi connectivity index (χ4n) is 2.48. The summed E-state index contributed by atoms with van der Waals surface area (Å²) in [7, 11) is -2.33. The molecule has 0 aliphatic carbocycles. The van der Waals surface area contributed by atoms with Crippen LogP contribution in [0.4, 0.5) is 0 Å². The Morgan fingerprint density at radius 2 is 2.14 bits per heavy atom. The Balaban J connectivity index is 2.43. The summed E-state index contributed by atoms with van der Waals surface area (Å²) < 4.78 is 31.7. The number of sulfonamides is 1. The molecule has 1 aliphatic rings. The molecule has 0 amide bonds. The van der Waals surface area contributed by atoms with Gasteiger partial charge in [-0.1, -0.05) is 6.07 Å². The van der Waals surface area contributed by atoms with Crippen molar-refractivity contribution in [3.63, 3.8) is 0 Å². The van der Waals surface area contributed by atoms with Gasteiger partial charge < -0.3 is 10.1 Å². The van der Waals surface area contributed by atoms with Crippen molar-refractivity contribution in [1.29, 1.82) is 0 Å². The van der Waals surface area contributed by atoms with Gasteiger partial charge in [-0.25, -0.2) is 13.2 Å². The van der Waals surface area contributed by atoms with Crippen LogP contribution in [0.3, 0.4) is 0 Å². The molecule has 0 radical (unpaired) electrons. The Hall–Kier alpha value is -1.44. The molecule has 6 nitrogen and oxygen atoms in total. The Morgan fingerprint density at radius 3 is 2.76 bits per heavy atom. The number of rotatable bonds is 3. The SMILES string of the molecule is COC(=O)c1cccc(S(=O)(=O)N2CCNC(C)C2)c1C. The Morgan fingerprint density at radius 1 is 1.43 bits per heavy atom. The summed E-state index contributed by atoms with van der Waals surface area (Å²) in [4.78, 5) is 11.9. The van der Waals surface area contributed by atoms with Gasteiger partial charge in [-0.2, -0.15) is 4.31 Å². The summed E-state index contributed by atoms with van der Waals surface area (Å²) in [6.45, 7) is 5.04. The van der Waals surface area contributed by atoms with E-state index >= 15 is 0 Å². The first-order valence-electron chi connectivity index (χ1n) is 6.79. The van der Waals surface area contributed by atoms with Gasteiger partial charge in [0.15, 0.2) is 0 Å². The predicted molar refractivity (Wildman–Crippen MR) is 78.7 cm³/mol. The fourth-order valence-corrected chi connectivity index (χ4v) is 4.26. The van der Waals surface area contributed by atoms with E-state index in [1.165, 1.54) is 17.5 Å². The highest BCUT2D eigenvalue weighted by atomic mass is 32.2. The molecular weight excluding hydrogens is 292 g/mol. The third-order valence-corrected chi connectivity index (χ3v) is 5.65. The lowest BCUT2D eigenvalue weighted by Crippen LogP contribution is -2.51. The van der Waals surface area contributed by atoms with Crippen molar-refractivity contribution >= 4 is 16.0 Å². The molecular formula is C14H20N2O4S. The van der Waals surface area contributed by atoms with Crippen LogP contribution in [0.5, 0.6) is 0 Å². The Labute approximate surface area is 125 Å². The highest BCUT2D eigenvalue weighted by molar-refractivity contribution is 7.89. The second kappa shape index (κ2) is 6.13. The van der Waals surface area contributed by atoms with E-state index in [2.05, 4.69) is 10.1 Å². The average Bonchev–Trinajstić information content (AvgIpc) is 2.46. The lowest BCUT2D eigenvalue weighted by atomic mass is 10.1. The van der Waals surface area contributed by atoms with E-state index in [4.69, 9.17) is 0 Å². The summed E-state index contributed by atoms with van der Waals surface area (Å²) in [6.07, 6.45) is 0. The first-order chi connectivity index (χ1) is 9.87. The smallest absolute Gasteiger partial charge is 0.338 e. The maximum atomic E-state index is 12.8.